The Balaban J connectivity index is 0.00000230. The van der Waals surface area contributed by atoms with Gasteiger partial charge in [0.1, 0.15) is 35.2 Å². The Labute approximate surface area is 383 Å². The molecule has 0 spiro atoms. The summed E-state index contributed by atoms with van der Waals surface area (Å²) in [4.78, 5) is 41.0. The molecular weight excluding hydrogens is 1120 g/mol. The summed E-state index contributed by atoms with van der Waals surface area (Å²) in [6.45, 7) is 15.2. The number of carbonyl (C=O) groups is 3. The first-order valence-electron chi connectivity index (χ1n) is 16.9. The van der Waals surface area contributed by atoms with E-state index in [1.54, 1.807) is 68.6 Å². The first kappa shape index (κ1) is 48.6. The Bertz CT molecular complexity index is 1500. The molecule has 2 bridgehead atoms. The molecule has 1 amide bonds. The molecule has 2 heterocycles. The van der Waals surface area contributed by atoms with Gasteiger partial charge in [0, 0.05) is 119 Å². The van der Waals surface area contributed by atoms with Gasteiger partial charge in [0.2, 0.25) is 0 Å². The summed E-state index contributed by atoms with van der Waals surface area (Å²) in [7, 11) is 1.47. The molecule has 1 aromatic heterocycles. The van der Waals surface area contributed by atoms with Gasteiger partial charge in [-0.15, -0.1) is 0 Å². The normalized spacial score (nSPS) is 37.3. The molecule has 16 heteroatoms. The molecule has 13 nitrogen and oxygen atoms in total. The number of hydrogen-bond acceptors (Lipinski definition) is 13. The number of ketones is 1. The maximum Gasteiger partial charge on any atom is 0.408 e. The summed E-state index contributed by atoms with van der Waals surface area (Å²) in [5.74, 6) is -2.53. The van der Waals surface area contributed by atoms with Crippen LogP contribution in [0.5, 0.6) is 0 Å². The first-order valence-corrected chi connectivity index (χ1v) is 17.8. The van der Waals surface area contributed by atoms with Gasteiger partial charge in [-0.2, -0.15) is 12.6 Å². The van der Waals surface area contributed by atoms with E-state index in [2.05, 4.69) is 17.9 Å². The van der Waals surface area contributed by atoms with Gasteiger partial charge in [-0.3, -0.25) is 4.79 Å². The quantitative estimate of drug-likeness (QED) is 0.139. The van der Waals surface area contributed by atoms with E-state index in [0.29, 0.717) is 5.57 Å². The molecule has 5 rings (SSSR count). The molecule has 3 aliphatic carbocycles. The zero-order valence-electron chi connectivity index (χ0n) is 32.1. The molecule has 0 aromatic carbocycles. The zero-order valence-corrected chi connectivity index (χ0v) is 42.4. The molecular formula is C36H55Ac2NO12S. The van der Waals surface area contributed by atoms with E-state index in [4.69, 9.17) is 23.4 Å². The number of rotatable bonds is 6. The van der Waals surface area contributed by atoms with Crippen LogP contribution in [0.4, 0.5) is 4.79 Å². The van der Waals surface area contributed by atoms with Gasteiger partial charge in [0.05, 0.1) is 36.1 Å². The monoisotopic (exact) mass is 1180 g/mol. The van der Waals surface area contributed by atoms with Crippen LogP contribution in [-0.4, -0.2) is 106 Å². The predicted octanol–water partition coefficient (Wildman–Crippen LogP) is 3.28. The number of Topliss-reactive ketones (excluding diaryl/α,β-unsaturated/α-hetero) is 1. The maximum absolute atomic E-state index is 14.7. The van der Waals surface area contributed by atoms with Gasteiger partial charge in [0.15, 0.2) is 11.9 Å². The van der Waals surface area contributed by atoms with Crippen molar-refractivity contribution in [1.29, 1.82) is 0 Å². The SMILES string of the molecule is COC1CC2OC[C@@]2(O)C2(C)[C@H](C)C3(O)CC(OC(=O)C(O)C(NC(=O)OC(C)(C)C)c4ccco4)C(C)=C(C(O)C(=O)[C@]12C)C3(C)C.CS.[Ac].[Ac]. The van der Waals surface area contributed by atoms with E-state index in [0.717, 1.165) is 0 Å². The molecule has 288 valence electrons. The third-order valence-electron chi connectivity index (χ3n) is 12.5. The number of hydrogen-bond donors (Lipinski definition) is 6. The maximum atomic E-state index is 14.7. The number of nitrogens with one attached hydrogen (secondary N) is 1. The van der Waals surface area contributed by atoms with Crippen LogP contribution in [0.25, 0.3) is 0 Å². The minimum atomic E-state index is -1.98. The van der Waals surface area contributed by atoms with Crippen LogP contribution in [0.2, 0.25) is 0 Å². The third kappa shape index (κ3) is 7.47. The average molecular weight is 1180 g/mol. The van der Waals surface area contributed by atoms with Crippen molar-refractivity contribution in [3.8, 4) is 0 Å². The second-order valence-corrected chi connectivity index (χ2v) is 15.9. The van der Waals surface area contributed by atoms with Crippen LogP contribution < -0.4 is 5.32 Å². The number of aliphatic hydroxyl groups excluding tert-OH is 2. The number of fused-ring (bicyclic) bond motifs is 5. The number of thiol groups is 1. The second kappa shape index (κ2) is 17.1. The Kier molecular flexibility index (Phi) is 16.0. The average Bonchev–Trinajstić information content (AvgIpc) is 3.57. The molecule has 11 atom stereocenters. The van der Waals surface area contributed by atoms with Crippen molar-refractivity contribution in [3.05, 3.63) is 35.3 Å². The van der Waals surface area contributed by atoms with Crippen molar-refractivity contribution in [3.63, 3.8) is 0 Å². The van der Waals surface area contributed by atoms with Crippen molar-refractivity contribution in [1.82, 2.24) is 5.32 Å². The molecule has 1 aliphatic heterocycles. The molecule has 3 fully saturated rings. The van der Waals surface area contributed by atoms with E-state index >= 15 is 0 Å². The Morgan fingerprint density at radius 1 is 1.10 bits per heavy atom. The van der Waals surface area contributed by atoms with E-state index in [1.807, 2.05) is 0 Å². The van der Waals surface area contributed by atoms with Crippen LogP contribution in [0.3, 0.4) is 0 Å². The van der Waals surface area contributed by atoms with Crippen LogP contribution in [0, 0.1) is 110 Å². The Morgan fingerprint density at radius 3 is 2.17 bits per heavy atom. The fourth-order valence-corrected chi connectivity index (χ4v) is 9.33. The number of amides is 1. The Hall–Kier alpha value is 0.423. The number of esters is 1. The van der Waals surface area contributed by atoms with Crippen molar-refractivity contribution >= 4 is 30.5 Å². The number of carbonyl (C=O) groups excluding carboxylic acids is 3. The van der Waals surface area contributed by atoms with Gasteiger partial charge >= 0.3 is 12.1 Å². The van der Waals surface area contributed by atoms with Crippen LogP contribution in [0.15, 0.2) is 34.0 Å². The fraction of sp³-hybridized carbons (Fsp3) is 0.750. The molecule has 8 unspecified atom stereocenters. The summed E-state index contributed by atoms with van der Waals surface area (Å²) in [5, 5.41) is 51.0. The summed E-state index contributed by atoms with van der Waals surface area (Å²) in [6.07, 6.45) is -4.22. The van der Waals surface area contributed by atoms with Crippen molar-refractivity contribution in [2.24, 2.45) is 22.2 Å². The molecule has 2 saturated carbocycles. The van der Waals surface area contributed by atoms with Crippen molar-refractivity contribution in [2.75, 3.05) is 20.0 Å². The first-order chi connectivity index (χ1) is 23.0. The zero-order chi connectivity index (χ0) is 38.0. The van der Waals surface area contributed by atoms with Crippen molar-refractivity contribution in [2.45, 2.75) is 129 Å². The van der Waals surface area contributed by atoms with Gasteiger partial charge in [0.25, 0.3) is 0 Å². The van der Waals surface area contributed by atoms with Gasteiger partial charge in [-0.05, 0) is 70.1 Å². The molecule has 1 saturated heterocycles. The van der Waals surface area contributed by atoms with Crippen LogP contribution in [0.1, 0.15) is 87.0 Å². The standard InChI is InChI=1S/C35H51NO12.CH4S.2Ac/c1-17-20(47-28(40)26(38)24(19-12-11-13-45-19)36-29(41)48-30(3,4)5)15-34(42)18(2)33(9)32(8,27(39)25(37)23(17)31(34,6)7)21(44-10)14-22-35(33,43)16-46-22;1-2;;/h11-13,18,20-22,24-26,37-38,42-43H,14-16H2,1-10H3,(H,36,41);2H,1H3;;/t18-,20?,21?,22?,24?,25?,26?,32-,33?,34?,35-;;;/m0.../s1. The minimum absolute atomic E-state index is 0. The van der Waals surface area contributed by atoms with E-state index in [9.17, 15) is 34.8 Å². The van der Waals surface area contributed by atoms with Crippen LogP contribution in [-0.2, 0) is 28.5 Å². The number of aliphatic hydroxyl groups is 4. The van der Waals surface area contributed by atoms with Crippen molar-refractivity contribution < 1.29 is 146 Å². The van der Waals surface area contributed by atoms with Gasteiger partial charge < -0.3 is 49.1 Å². The van der Waals surface area contributed by atoms with Gasteiger partial charge in [-0.1, -0.05) is 27.7 Å². The van der Waals surface area contributed by atoms with Gasteiger partial charge in [-0.25, -0.2) is 9.59 Å². The topological polar surface area (TPSA) is 194 Å². The largest absolute Gasteiger partial charge is 0.467 e. The summed E-state index contributed by atoms with van der Waals surface area (Å²) < 4.78 is 28.3. The molecule has 4 aliphatic rings. The Morgan fingerprint density at radius 2 is 1.69 bits per heavy atom. The number of ether oxygens (including phenoxy) is 4. The molecule has 1 aromatic rings. The minimum Gasteiger partial charge on any atom is -0.467 e. The van der Waals surface area contributed by atoms with E-state index in [-0.39, 0.29) is 119 Å². The summed E-state index contributed by atoms with van der Waals surface area (Å²) in [5.41, 5.74) is -7.77. The van der Waals surface area contributed by atoms with E-state index < -0.39 is 93.4 Å². The number of alkyl carbamates (subject to hydrolysis) is 1. The number of methoxy groups -OCH3 is 1. The second-order valence-electron chi connectivity index (χ2n) is 15.9. The summed E-state index contributed by atoms with van der Waals surface area (Å²) >= 11 is 3.53. The number of furan rings is 1. The van der Waals surface area contributed by atoms with E-state index in [1.165, 1.54) is 25.5 Å². The molecule has 5 N–H and O–H groups in total. The third-order valence-corrected chi connectivity index (χ3v) is 12.5. The summed E-state index contributed by atoms with van der Waals surface area (Å²) in [6, 6.07) is 1.60. The smallest absolute Gasteiger partial charge is 0.408 e. The molecule has 2 radical (unpaired) electrons. The fourth-order valence-electron chi connectivity index (χ4n) is 9.33. The van der Waals surface area contributed by atoms with Crippen LogP contribution >= 0.6 is 12.6 Å². The predicted molar refractivity (Wildman–Crippen MR) is 184 cm³/mol. The molecule has 52 heavy (non-hydrogen) atoms.